The minimum Gasteiger partial charge on any atom is -0.227 e. The first-order valence-electron chi connectivity index (χ1n) is 6.07. The van der Waals surface area contributed by atoms with Crippen LogP contribution in [0, 0.1) is 0 Å². The van der Waals surface area contributed by atoms with Crippen LogP contribution in [-0.2, 0) is 20.0 Å². The molecule has 0 saturated heterocycles. The number of benzene rings is 1. The molecule has 1 aromatic rings. The molecule has 0 spiro atoms. The summed E-state index contributed by atoms with van der Waals surface area (Å²) in [6.07, 6.45) is 0. The number of rotatable bonds is 3. The third kappa shape index (κ3) is 2.79. The Morgan fingerprint density at radius 2 is 1.38 bits per heavy atom. The summed E-state index contributed by atoms with van der Waals surface area (Å²) in [5.41, 5.74) is 0.542. The maximum absolute atomic E-state index is 12.1. The molecule has 6 nitrogen and oxygen atoms in total. The maximum Gasteiger partial charge on any atom is 0.257 e. The number of hydrogen-bond acceptors (Lipinski definition) is 4. The summed E-state index contributed by atoms with van der Waals surface area (Å²) in [4.78, 5) is 0. The van der Waals surface area contributed by atoms with E-state index in [1.165, 1.54) is 0 Å². The van der Waals surface area contributed by atoms with E-state index in [0.717, 1.165) is 0 Å². The summed E-state index contributed by atoms with van der Waals surface area (Å²) >= 11 is 24.4. The molecule has 0 aliphatic heterocycles. The standard InChI is InChI=1S/C12H10Cl4N2O4S2/c13-8-7(6-4-2-1-3-5-6)9(14)11(16)12(10(8)15,23(17,19)20)24(18,21)22/h1-5,10H,(H2,17,19,20)(H2,18,21,22). The van der Waals surface area contributed by atoms with Crippen LogP contribution >= 0.6 is 46.4 Å². The van der Waals surface area contributed by atoms with Crippen LogP contribution < -0.4 is 10.3 Å². The fraction of sp³-hybridized carbons (Fsp3) is 0.167. The van der Waals surface area contributed by atoms with Crippen LogP contribution in [-0.4, -0.2) is 26.3 Å². The van der Waals surface area contributed by atoms with Crippen LogP contribution in [0.25, 0.3) is 5.57 Å². The van der Waals surface area contributed by atoms with Gasteiger partial charge in [-0.3, -0.25) is 0 Å². The molecule has 132 valence electrons. The second kappa shape index (κ2) is 6.44. The normalized spacial score (nSPS) is 22.0. The van der Waals surface area contributed by atoms with E-state index < -0.39 is 39.6 Å². The van der Waals surface area contributed by atoms with Crippen molar-refractivity contribution in [3.05, 3.63) is 51.0 Å². The van der Waals surface area contributed by atoms with E-state index in [0.29, 0.717) is 5.56 Å². The minimum atomic E-state index is -4.95. The molecule has 0 saturated carbocycles. The summed E-state index contributed by atoms with van der Waals surface area (Å²) in [6, 6.07) is 8.25. The lowest BCUT2D eigenvalue weighted by Gasteiger charge is -2.37. The lowest BCUT2D eigenvalue weighted by atomic mass is 9.98. The quantitative estimate of drug-likeness (QED) is 0.684. The molecule has 0 amide bonds. The highest BCUT2D eigenvalue weighted by Crippen LogP contribution is 2.53. The number of alkyl halides is 1. The zero-order valence-electron chi connectivity index (χ0n) is 11.6. The van der Waals surface area contributed by atoms with Gasteiger partial charge < -0.3 is 0 Å². The molecular formula is C12H10Cl4N2O4S2. The predicted molar refractivity (Wildman–Crippen MR) is 96.5 cm³/mol. The molecular weight excluding hydrogens is 442 g/mol. The third-order valence-corrected chi connectivity index (χ3v) is 9.89. The highest BCUT2D eigenvalue weighted by molar-refractivity contribution is 8.09. The van der Waals surface area contributed by atoms with E-state index in [1.54, 1.807) is 30.3 Å². The molecule has 2 rings (SSSR count). The highest BCUT2D eigenvalue weighted by atomic mass is 35.5. The third-order valence-electron chi connectivity index (χ3n) is 3.42. The molecule has 1 aliphatic rings. The highest BCUT2D eigenvalue weighted by Gasteiger charge is 2.64. The van der Waals surface area contributed by atoms with Gasteiger partial charge in [0.05, 0.1) is 10.1 Å². The van der Waals surface area contributed by atoms with Crippen molar-refractivity contribution in [2.45, 2.75) is 9.46 Å². The summed E-state index contributed by atoms with van der Waals surface area (Å²) in [7, 11) is -9.91. The van der Waals surface area contributed by atoms with Crippen molar-refractivity contribution < 1.29 is 16.8 Å². The second-order valence-corrected chi connectivity index (χ2v) is 10.2. The predicted octanol–water partition coefficient (Wildman–Crippen LogP) is 2.22. The first-order valence-corrected chi connectivity index (χ1v) is 10.7. The van der Waals surface area contributed by atoms with Crippen molar-refractivity contribution in [3.63, 3.8) is 0 Å². The Kier molecular flexibility index (Phi) is 5.37. The molecule has 0 fully saturated rings. The van der Waals surface area contributed by atoms with Gasteiger partial charge in [0, 0.05) is 10.6 Å². The molecule has 0 radical (unpaired) electrons. The summed E-state index contributed by atoms with van der Waals surface area (Å²) < 4.78 is 45.3. The molecule has 1 unspecified atom stereocenters. The van der Waals surface area contributed by atoms with Crippen molar-refractivity contribution in [3.8, 4) is 0 Å². The van der Waals surface area contributed by atoms with Gasteiger partial charge in [-0.1, -0.05) is 65.1 Å². The zero-order chi connectivity index (χ0) is 18.5. The maximum atomic E-state index is 12.1. The summed E-state index contributed by atoms with van der Waals surface area (Å²) in [6.45, 7) is 0. The van der Waals surface area contributed by atoms with Crippen molar-refractivity contribution in [2.24, 2.45) is 10.3 Å². The van der Waals surface area contributed by atoms with Gasteiger partial charge in [-0.15, -0.1) is 11.6 Å². The topological polar surface area (TPSA) is 120 Å². The zero-order valence-corrected chi connectivity index (χ0v) is 16.2. The molecule has 1 aliphatic carbocycles. The fourth-order valence-electron chi connectivity index (χ4n) is 2.34. The smallest absolute Gasteiger partial charge is 0.227 e. The molecule has 12 heteroatoms. The monoisotopic (exact) mass is 450 g/mol. The van der Waals surface area contributed by atoms with Gasteiger partial charge in [-0.2, -0.15) is 0 Å². The van der Waals surface area contributed by atoms with Gasteiger partial charge in [0.15, 0.2) is 0 Å². The molecule has 0 heterocycles. The number of hydrogen-bond donors (Lipinski definition) is 2. The van der Waals surface area contributed by atoms with Crippen LogP contribution in [0.3, 0.4) is 0 Å². The lowest BCUT2D eigenvalue weighted by molar-refractivity contribution is 0.558. The van der Waals surface area contributed by atoms with E-state index in [9.17, 15) is 16.8 Å². The number of sulfonamides is 2. The average molecular weight is 452 g/mol. The Morgan fingerprint density at radius 1 is 0.917 bits per heavy atom. The van der Waals surface area contributed by atoms with Gasteiger partial charge in [-0.25, -0.2) is 27.1 Å². The van der Waals surface area contributed by atoms with Crippen LogP contribution in [0.15, 0.2) is 45.4 Å². The SMILES string of the molecule is NS(=O)(=O)C1(S(N)(=O)=O)C(Cl)=C(Cl)C(c2ccccc2)=C(Cl)C1Cl. The molecule has 24 heavy (non-hydrogen) atoms. The molecule has 4 N–H and O–H groups in total. The molecule has 1 atom stereocenters. The summed E-state index contributed by atoms with van der Waals surface area (Å²) in [5, 5.41) is 6.67. The lowest BCUT2D eigenvalue weighted by Crippen LogP contribution is -2.60. The van der Waals surface area contributed by atoms with Crippen molar-refractivity contribution in [1.82, 2.24) is 0 Å². The average Bonchev–Trinajstić information content (AvgIpc) is 2.44. The van der Waals surface area contributed by atoms with Gasteiger partial charge in [0.25, 0.3) is 4.08 Å². The van der Waals surface area contributed by atoms with Gasteiger partial charge in [0.2, 0.25) is 20.0 Å². The van der Waals surface area contributed by atoms with Gasteiger partial charge >= 0.3 is 0 Å². The van der Waals surface area contributed by atoms with Crippen molar-refractivity contribution >= 4 is 72.0 Å². The van der Waals surface area contributed by atoms with Crippen LogP contribution in [0.5, 0.6) is 0 Å². The number of nitrogens with two attached hydrogens (primary N) is 2. The van der Waals surface area contributed by atoms with Gasteiger partial charge in [-0.05, 0) is 5.56 Å². The van der Waals surface area contributed by atoms with E-state index >= 15 is 0 Å². The first-order chi connectivity index (χ1) is 10.9. The largest absolute Gasteiger partial charge is 0.257 e. The number of allylic oxidation sites excluding steroid dienone is 3. The van der Waals surface area contributed by atoms with E-state index in [4.69, 9.17) is 56.7 Å². The number of primary sulfonamides is 2. The Labute approximate surface area is 159 Å². The Balaban J connectivity index is 2.94. The fourth-order valence-corrected chi connectivity index (χ4v) is 8.04. The minimum absolute atomic E-state index is 0.0897. The summed E-state index contributed by atoms with van der Waals surface area (Å²) in [5.74, 6) is 0. The Bertz CT molecular complexity index is 924. The molecule has 1 aromatic carbocycles. The van der Waals surface area contributed by atoms with E-state index in [1.807, 2.05) is 0 Å². The Morgan fingerprint density at radius 3 is 1.79 bits per heavy atom. The van der Waals surface area contributed by atoms with Gasteiger partial charge in [0.1, 0.15) is 5.38 Å². The van der Waals surface area contributed by atoms with Crippen LogP contribution in [0.4, 0.5) is 0 Å². The molecule has 0 bridgehead atoms. The van der Waals surface area contributed by atoms with Crippen LogP contribution in [0.2, 0.25) is 0 Å². The first kappa shape index (κ1) is 20.0. The Hall–Kier alpha value is -0.320. The van der Waals surface area contributed by atoms with Crippen molar-refractivity contribution in [1.29, 1.82) is 0 Å². The van der Waals surface area contributed by atoms with E-state index in [-0.39, 0.29) is 10.6 Å². The second-order valence-electron chi connectivity index (χ2n) is 4.84. The number of halogens is 4. The van der Waals surface area contributed by atoms with E-state index in [2.05, 4.69) is 0 Å². The van der Waals surface area contributed by atoms with Crippen molar-refractivity contribution in [2.75, 3.05) is 0 Å². The molecule has 0 aromatic heterocycles. The van der Waals surface area contributed by atoms with Crippen LogP contribution in [0.1, 0.15) is 5.56 Å².